The van der Waals surface area contributed by atoms with Gasteiger partial charge in [-0.1, -0.05) is 0 Å². The summed E-state index contributed by atoms with van der Waals surface area (Å²) in [6.07, 6.45) is 0. The smallest absolute Gasteiger partial charge is 0.0631 e. The summed E-state index contributed by atoms with van der Waals surface area (Å²) in [7, 11) is 0. The van der Waals surface area contributed by atoms with Gasteiger partial charge in [0.1, 0.15) is 0 Å². The topological polar surface area (TPSA) is 98.0 Å². The van der Waals surface area contributed by atoms with Crippen molar-refractivity contribution >= 4 is 12.4 Å². The predicted molar refractivity (Wildman–Crippen MR) is 37.6 cm³/mol. The highest BCUT2D eigenvalue weighted by Gasteiger charge is 2.13. The van der Waals surface area contributed by atoms with Gasteiger partial charge in [0.05, 0.1) is 18.8 Å². The van der Waals surface area contributed by atoms with Crippen molar-refractivity contribution in [2.75, 3.05) is 13.2 Å². The van der Waals surface area contributed by atoms with Gasteiger partial charge in [0.25, 0.3) is 0 Å². The molecule has 0 aromatic rings. The molecule has 0 aliphatic rings. The predicted octanol–water partition coefficient (Wildman–Crippen LogP) is -1.71. The lowest BCUT2D eigenvalue weighted by Gasteiger charge is -2.16. The number of aliphatic hydroxyl groups is 2. The van der Waals surface area contributed by atoms with E-state index in [9.17, 15) is 0 Å². The highest BCUT2D eigenvalue weighted by molar-refractivity contribution is 5.85. The second-order valence-corrected chi connectivity index (χ2v) is 1.97. The van der Waals surface area contributed by atoms with Crippen molar-refractivity contribution in [3.05, 3.63) is 0 Å². The Bertz CT molecular complexity index is 53.8. The zero-order valence-electron chi connectivity index (χ0n) is 5.29. The van der Waals surface area contributed by atoms with Crippen LogP contribution in [0.3, 0.4) is 0 Å². The van der Waals surface area contributed by atoms with E-state index >= 15 is 0 Å². The SMILES string of the molecule is CC(N)(CO)CO.Cl.O. The number of rotatable bonds is 2. The van der Waals surface area contributed by atoms with Crippen LogP contribution < -0.4 is 5.73 Å². The Morgan fingerprint density at radius 2 is 1.56 bits per heavy atom. The first-order chi connectivity index (χ1) is 3.12. The van der Waals surface area contributed by atoms with Crippen LogP contribution in [-0.2, 0) is 0 Å². The maximum absolute atomic E-state index is 8.31. The van der Waals surface area contributed by atoms with Crippen LogP contribution in [0, 0.1) is 0 Å². The van der Waals surface area contributed by atoms with Gasteiger partial charge in [-0.25, -0.2) is 0 Å². The molecule has 60 valence electrons. The van der Waals surface area contributed by atoms with Gasteiger partial charge in [-0.05, 0) is 6.92 Å². The second-order valence-electron chi connectivity index (χ2n) is 1.97. The lowest BCUT2D eigenvalue weighted by Crippen LogP contribution is -2.43. The minimum atomic E-state index is -0.806. The number of aliphatic hydroxyl groups excluding tert-OH is 2. The van der Waals surface area contributed by atoms with Crippen molar-refractivity contribution in [1.82, 2.24) is 0 Å². The summed E-state index contributed by atoms with van der Waals surface area (Å²) in [5.41, 5.74) is 4.41. The third-order valence-electron chi connectivity index (χ3n) is 0.722. The number of hydrogen-bond acceptors (Lipinski definition) is 3. The fourth-order valence-corrected chi connectivity index (χ4v) is 0.0500. The van der Waals surface area contributed by atoms with E-state index in [1.165, 1.54) is 0 Å². The highest BCUT2D eigenvalue weighted by atomic mass is 35.5. The molecular formula is C4H14ClNO3. The Morgan fingerprint density at radius 3 is 1.56 bits per heavy atom. The summed E-state index contributed by atoms with van der Waals surface area (Å²) < 4.78 is 0. The monoisotopic (exact) mass is 159 g/mol. The molecule has 0 unspecified atom stereocenters. The highest BCUT2D eigenvalue weighted by Crippen LogP contribution is 1.91. The fraction of sp³-hybridized carbons (Fsp3) is 1.00. The van der Waals surface area contributed by atoms with Crippen LogP contribution in [0.5, 0.6) is 0 Å². The van der Waals surface area contributed by atoms with Gasteiger partial charge in [-0.2, -0.15) is 0 Å². The molecule has 9 heavy (non-hydrogen) atoms. The van der Waals surface area contributed by atoms with E-state index in [0.717, 1.165) is 0 Å². The first kappa shape index (κ1) is 16.1. The van der Waals surface area contributed by atoms with Crippen LogP contribution >= 0.6 is 12.4 Å². The summed E-state index contributed by atoms with van der Waals surface area (Å²) in [6, 6.07) is 0. The molecule has 0 amide bonds. The van der Waals surface area contributed by atoms with Gasteiger partial charge in [0, 0.05) is 0 Å². The third kappa shape index (κ3) is 8.13. The number of hydrogen-bond donors (Lipinski definition) is 3. The van der Waals surface area contributed by atoms with E-state index in [1.807, 2.05) is 0 Å². The molecule has 0 aromatic carbocycles. The van der Waals surface area contributed by atoms with E-state index < -0.39 is 5.54 Å². The maximum Gasteiger partial charge on any atom is 0.0631 e. The molecule has 0 atom stereocenters. The van der Waals surface area contributed by atoms with E-state index in [0.29, 0.717) is 0 Å². The summed E-state index contributed by atoms with van der Waals surface area (Å²) in [5, 5.41) is 16.6. The third-order valence-corrected chi connectivity index (χ3v) is 0.722. The number of halogens is 1. The Balaban J connectivity index is -0.000000180. The lowest BCUT2D eigenvalue weighted by atomic mass is 10.1. The quantitative estimate of drug-likeness (QED) is 0.447. The Labute approximate surface area is 60.4 Å². The fourth-order valence-electron chi connectivity index (χ4n) is 0.0500. The molecule has 0 saturated heterocycles. The van der Waals surface area contributed by atoms with Crippen molar-refractivity contribution < 1.29 is 15.7 Å². The molecule has 0 heterocycles. The summed E-state index contributed by atoms with van der Waals surface area (Å²) in [5.74, 6) is 0. The van der Waals surface area contributed by atoms with E-state index in [2.05, 4.69) is 0 Å². The van der Waals surface area contributed by atoms with Gasteiger partial charge >= 0.3 is 0 Å². The molecule has 0 spiro atoms. The van der Waals surface area contributed by atoms with Crippen LogP contribution in [-0.4, -0.2) is 34.4 Å². The van der Waals surface area contributed by atoms with Gasteiger partial charge in [0.15, 0.2) is 0 Å². The van der Waals surface area contributed by atoms with Crippen LogP contribution in [0.4, 0.5) is 0 Å². The van der Waals surface area contributed by atoms with Crippen LogP contribution in [0.1, 0.15) is 6.92 Å². The van der Waals surface area contributed by atoms with E-state index in [4.69, 9.17) is 15.9 Å². The zero-order valence-corrected chi connectivity index (χ0v) is 6.11. The normalized spacial score (nSPS) is 9.33. The Morgan fingerprint density at radius 1 is 1.33 bits per heavy atom. The molecule has 0 saturated carbocycles. The first-order valence-corrected chi connectivity index (χ1v) is 2.13. The summed E-state index contributed by atoms with van der Waals surface area (Å²) in [6.45, 7) is 1.22. The van der Waals surface area contributed by atoms with Gasteiger partial charge in [-0.15, -0.1) is 12.4 Å². The molecule has 5 heteroatoms. The number of nitrogens with two attached hydrogens (primary N) is 1. The van der Waals surface area contributed by atoms with Crippen molar-refractivity contribution in [2.45, 2.75) is 12.5 Å². The summed E-state index contributed by atoms with van der Waals surface area (Å²) in [4.78, 5) is 0. The minimum Gasteiger partial charge on any atom is -0.412 e. The molecule has 0 aliphatic heterocycles. The van der Waals surface area contributed by atoms with Crippen LogP contribution in [0.25, 0.3) is 0 Å². The molecule has 0 fully saturated rings. The van der Waals surface area contributed by atoms with Crippen LogP contribution in [0.2, 0.25) is 0 Å². The molecule has 0 radical (unpaired) electrons. The van der Waals surface area contributed by atoms with Crippen molar-refractivity contribution in [3.8, 4) is 0 Å². The molecule has 0 bridgehead atoms. The van der Waals surface area contributed by atoms with Gasteiger partial charge in [0.2, 0.25) is 0 Å². The standard InChI is InChI=1S/C4H11NO2.ClH.H2O/c1-4(5,2-6)3-7;;/h6-7H,2-3,5H2,1H3;1H;1H2. The zero-order chi connectivity index (χ0) is 5.91. The average molecular weight is 160 g/mol. The summed E-state index contributed by atoms with van der Waals surface area (Å²) >= 11 is 0. The van der Waals surface area contributed by atoms with Crippen LogP contribution in [0.15, 0.2) is 0 Å². The van der Waals surface area contributed by atoms with Gasteiger partial charge < -0.3 is 21.4 Å². The largest absolute Gasteiger partial charge is 0.412 e. The Hall–Kier alpha value is 0.130. The molecule has 4 nitrogen and oxygen atoms in total. The second kappa shape index (κ2) is 6.25. The maximum atomic E-state index is 8.31. The molecule has 6 N–H and O–H groups in total. The van der Waals surface area contributed by atoms with E-state index in [-0.39, 0.29) is 31.1 Å². The van der Waals surface area contributed by atoms with Crippen molar-refractivity contribution in [3.63, 3.8) is 0 Å². The van der Waals surface area contributed by atoms with Gasteiger partial charge in [-0.3, -0.25) is 0 Å². The molecule has 0 aliphatic carbocycles. The van der Waals surface area contributed by atoms with E-state index in [1.54, 1.807) is 6.92 Å². The lowest BCUT2D eigenvalue weighted by molar-refractivity contribution is 0.134. The molecule has 0 aromatic heterocycles. The minimum absolute atomic E-state index is 0. The van der Waals surface area contributed by atoms with Crippen molar-refractivity contribution in [2.24, 2.45) is 5.73 Å². The molecular weight excluding hydrogens is 146 g/mol. The molecule has 0 rings (SSSR count). The first-order valence-electron chi connectivity index (χ1n) is 2.13. The average Bonchev–Trinajstić information content (AvgIpc) is 1.68. The Kier molecular flexibility index (Phi) is 11.2. The van der Waals surface area contributed by atoms with Crippen molar-refractivity contribution in [1.29, 1.82) is 0 Å².